The number of carbonyl (C=O) groups excluding carboxylic acids is 1. The second-order valence-electron chi connectivity index (χ2n) is 4.02. The summed E-state index contributed by atoms with van der Waals surface area (Å²) in [4.78, 5) is 17.1. The number of hydrogen-bond acceptors (Lipinski definition) is 3. The summed E-state index contributed by atoms with van der Waals surface area (Å²) < 4.78 is 13.3. The third-order valence-corrected chi connectivity index (χ3v) is 3.51. The van der Waals surface area contributed by atoms with Crippen LogP contribution in [0.3, 0.4) is 0 Å². The number of amides is 1. The Balaban J connectivity index is 1.70. The van der Waals surface area contributed by atoms with Gasteiger partial charge >= 0.3 is 0 Å². The summed E-state index contributed by atoms with van der Waals surface area (Å²) >= 11 is 1.13. The lowest BCUT2D eigenvalue weighted by atomic mass is 10.2. The van der Waals surface area contributed by atoms with Gasteiger partial charge in [-0.15, -0.1) is 11.8 Å². The van der Waals surface area contributed by atoms with Crippen molar-refractivity contribution in [3.05, 3.63) is 66.0 Å². The van der Waals surface area contributed by atoms with Crippen LogP contribution in [0.4, 0.5) is 4.39 Å². The zero-order valence-corrected chi connectivity index (χ0v) is 11.5. The molecule has 2 rings (SSSR count). The smallest absolute Gasteiger partial charge is 0.253 e. The molecule has 0 fully saturated rings. The summed E-state index contributed by atoms with van der Waals surface area (Å²) in [7, 11) is 0. The van der Waals surface area contributed by atoms with Gasteiger partial charge in [0.25, 0.3) is 5.91 Å². The van der Waals surface area contributed by atoms with Crippen LogP contribution in [0.5, 0.6) is 0 Å². The van der Waals surface area contributed by atoms with Crippen molar-refractivity contribution in [3.8, 4) is 0 Å². The monoisotopic (exact) mass is 291 g/mol. The molecule has 0 bridgehead atoms. The van der Waals surface area contributed by atoms with Crippen molar-refractivity contribution in [1.29, 1.82) is 0 Å². The lowest BCUT2D eigenvalue weighted by molar-refractivity contribution is -0.131. The molecule has 0 aromatic heterocycles. The maximum atomic E-state index is 13.3. The lowest BCUT2D eigenvalue weighted by Crippen LogP contribution is -2.25. The second-order valence-corrected chi connectivity index (χ2v) is 5.04. The fourth-order valence-electron chi connectivity index (χ4n) is 1.51. The van der Waals surface area contributed by atoms with Crippen molar-refractivity contribution in [2.75, 3.05) is 5.75 Å². The van der Waals surface area contributed by atoms with Gasteiger partial charge in [0.1, 0.15) is 5.82 Å². The SMILES string of the molecule is O=C(CSc1ccccc1F)NOCc1ccccc1. The minimum atomic E-state index is -0.324. The highest BCUT2D eigenvalue weighted by molar-refractivity contribution is 8.00. The predicted molar refractivity (Wildman–Crippen MR) is 76.5 cm³/mol. The van der Waals surface area contributed by atoms with E-state index in [-0.39, 0.29) is 17.5 Å². The van der Waals surface area contributed by atoms with Crippen LogP contribution < -0.4 is 5.48 Å². The van der Waals surface area contributed by atoms with Crippen molar-refractivity contribution in [2.45, 2.75) is 11.5 Å². The summed E-state index contributed by atoms with van der Waals surface area (Å²) in [5, 5.41) is 0. The van der Waals surface area contributed by atoms with Crippen LogP contribution in [0, 0.1) is 5.82 Å². The van der Waals surface area contributed by atoms with Crippen LogP contribution in [0.25, 0.3) is 0 Å². The number of halogens is 1. The molecule has 0 spiro atoms. The molecule has 1 amide bonds. The van der Waals surface area contributed by atoms with E-state index < -0.39 is 0 Å². The molecule has 0 aliphatic rings. The molecule has 2 aromatic carbocycles. The summed E-state index contributed by atoms with van der Waals surface area (Å²) in [5.74, 6) is -0.514. The number of rotatable bonds is 6. The molecule has 104 valence electrons. The highest BCUT2D eigenvalue weighted by Crippen LogP contribution is 2.20. The summed E-state index contributed by atoms with van der Waals surface area (Å²) in [6.07, 6.45) is 0. The molecular formula is C15H14FNO2S. The Morgan fingerprint density at radius 1 is 1.10 bits per heavy atom. The fraction of sp³-hybridized carbons (Fsp3) is 0.133. The third kappa shape index (κ3) is 4.68. The zero-order chi connectivity index (χ0) is 14.2. The van der Waals surface area contributed by atoms with E-state index in [2.05, 4.69) is 5.48 Å². The van der Waals surface area contributed by atoms with Crippen molar-refractivity contribution in [3.63, 3.8) is 0 Å². The van der Waals surface area contributed by atoms with Gasteiger partial charge in [0, 0.05) is 4.90 Å². The summed E-state index contributed by atoms with van der Waals surface area (Å²) in [6.45, 7) is 0.303. The van der Waals surface area contributed by atoms with Gasteiger partial charge in [-0.2, -0.15) is 0 Å². The molecule has 0 atom stereocenters. The molecule has 2 aromatic rings. The topological polar surface area (TPSA) is 38.3 Å². The van der Waals surface area contributed by atoms with E-state index in [9.17, 15) is 9.18 Å². The Morgan fingerprint density at radius 3 is 2.55 bits per heavy atom. The molecule has 0 aliphatic carbocycles. The van der Waals surface area contributed by atoms with E-state index in [0.29, 0.717) is 11.5 Å². The Morgan fingerprint density at radius 2 is 1.80 bits per heavy atom. The van der Waals surface area contributed by atoms with Crippen molar-refractivity contribution in [2.24, 2.45) is 0 Å². The van der Waals surface area contributed by atoms with Crippen LogP contribution in [0.2, 0.25) is 0 Å². The first-order valence-corrected chi connectivity index (χ1v) is 7.06. The van der Waals surface area contributed by atoms with Crippen molar-refractivity contribution < 1.29 is 14.0 Å². The Hall–Kier alpha value is -1.85. The first-order valence-electron chi connectivity index (χ1n) is 6.07. The van der Waals surface area contributed by atoms with Crippen molar-refractivity contribution >= 4 is 17.7 Å². The number of hydroxylamine groups is 1. The van der Waals surface area contributed by atoms with Gasteiger partial charge in [-0.3, -0.25) is 9.63 Å². The van der Waals surface area contributed by atoms with Gasteiger partial charge < -0.3 is 0 Å². The summed E-state index contributed by atoms with van der Waals surface area (Å²) in [6, 6.07) is 15.9. The fourth-order valence-corrected chi connectivity index (χ4v) is 2.23. The van der Waals surface area contributed by atoms with Gasteiger partial charge in [-0.05, 0) is 17.7 Å². The molecular weight excluding hydrogens is 277 g/mol. The first kappa shape index (κ1) is 14.6. The number of nitrogens with one attached hydrogen (secondary N) is 1. The standard InChI is InChI=1S/C15H14FNO2S/c16-13-8-4-5-9-14(13)20-11-15(18)17-19-10-12-6-2-1-3-7-12/h1-9H,10-11H2,(H,17,18). The molecule has 0 saturated heterocycles. The lowest BCUT2D eigenvalue weighted by Gasteiger charge is -2.06. The van der Waals surface area contributed by atoms with Crippen LogP contribution in [0.15, 0.2) is 59.5 Å². The Labute approximate surface area is 121 Å². The molecule has 5 heteroatoms. The molecule has 0 unspecified atom stereocenters. The molecule has 1 N–H and O–H groups in total. The van der Waals surface area contributed by atoms with Crippen LogP contribution in [-0.2, 0) is 16.2 Å². The Bertz CT molecular complexity index is 563. The van der Waals surface area contributed by atoms with Crippen LogP contribution >= 0.6 is 11.8 Å². The van der Waals surface area contributed by atoms with E-state index in [1.165, 1.54) is 6.07 Å². The first-order chi connectivity index (χ1) is 9.75. The van der Waals surface area contributed by atoms with Crippen molar-refractivity contribution in [1.82, 2.24) is 5.48 Å². The minimum absolute atomic E-state index is 0.107. The maximum absolute atomic E-state index is 13.3. The molecule has 0 saturated carbocycles. The molecule has 20 heavy (non-hydrogen) atoms. The third-order valence-electron chi connectivity index (χ3n) is 2.46. The van der Waals surface area contributed by atoms with Crippen LogP contribution in [0.1, 0.15) is 5.56 Å². The highest BCUT2D eigenvalue weighted by atomic mass is 32.2. The van der Waals surface area contributed by atoms with E-state index in [0.717, 1.165) is 17.3 Å². The van der Waals surface area contributed by atoms with E-state index >= 15 is 0 Å². The molecule has 0 radical (unpaired) electrons. The molecule has 3 nitrogen and oxygen atoms in total. The summed E-state index contributed by atoms with van der Waals surface area (Å²) in [5.41, 5.74) is 3.31. The zero-order valence-electron chi connectivity index (χ0n) is 10.7. The van der Waals surface area contributed by atoms with Crippen LogP contribution in [-0.4, -0.2) is 11.7 Å². The quantitative estimate of drug-likeness (QED) is 0.656. The van der Waals surface area contributed by atoms with Gasteiger partial charge in [-0.25, -0.2) is 9.87 Å². The maximum Gasteiger partial charge on any atom is 0.253 e. The Kier molecular flexibility index (Phi) is 5.58. The molecule has 0 aliphatic heterocycles. The highest BCUT2D eigenvalue weighted by Gasteiger charge is 2.06. The second kappa shape index (κ2) is 7.67. The van der Waals surface area contributed by atoms with E-state index in [1.54, 1.807) is 18.2 Å². The number of thioether (sulfide) groups is 1. The number of carbonyl (C=O) groups is 1. The largest absolute Gasteiger partial charge is 0.272 e. The average Bonchev–Trinajstić information content (AvgIpc) is 2.47. The predicted octanol–water partition coefficient (Wildman–Crippen LogP) is 3.17. The normalized spacial score (nSPS) is 10.2. The number of hydrogen-bond donors (Lipinski definition) is 1. The van der Waals surface area contributed by atoms with Gasteiger partial charge in [0.15, 0.2) is 0 Å². The average molecular weight is 291 g/mol. The van der Waals surface area contributed by atoms with E-state index in [4.69, 9.17) is 4.84 Å². The van der Waals surface area contributed by atoms with E-state index in [1.807, 2.05) is 30.3 Å². The van der Waals surface area contributed by atoms with Gasteiger partial charge in [0.2, 0.25) is 0 Å². The van der Waals surface area contributed by atoms with Gasteiger partial charge in [-0.1, -0.05) is 42.5 Å². The number of benzene rings is 2. The molecule has 0 heterocycles. The minimum Gasteiger partial charge on any atom is -0.272 e. The van der Waals surface area contributed by atoms with Gasteiger partial charge in [0.05, 0.1) is 12.4 Å².